The first-order valence-corrected chi connectivity index (χ1v) is 14.3. The fourth-order valence-electron chi connectivity index (χ4n) is 2.69. The highest BCUT2D eigenvalue weighted by atomic mass is 32.2. The van der Waals surface area contributed by atoms with E-state index in [4.69, 9.17) is 9.47 Å². The predicted octanol–water partition coefficient (Wildman–Crippen LogP) is 4.04. The molecule has 0 radical (unpaired) electrons. The molecule has 1 N–H and O–H groups in total. The summed E-state index contributed by atoms with van der Waals surface area (Å²) in [7, 11) is -4.12. The van der Waals surface area contributed by atoms with E-state index in [0.717, 1.165) is 11.1 Å². The van der Waals surface area contributed by atoms with E-state index in [9.17, 15) is 22.6 Å². The molecule has 3 rings (SSSR count). The van der Waals surface area contributed by atoms with Gasteiger partial charge in [-0.05, 0) is 55.8 Å². The lowest BCUT2D eigenvalue weighted by molar-refractivity contribution is -0.136. The van der Waals surface area contributed by atoms with Crippen molar-refractivity contribution in [3.05, 3.63) is 90.0 Å². The molecule has 3 aromatic carbocycles. The maximum absolute atomic E-state index is 12.1. The van der Waals surface area contributed by atoms with Crippen LogP contribution in [0.3, 0.4) is 0 Å². The van der Waals surface area contributed by atoms with Gasteiger partial charge in [-0.3, -0.25) is 0 Å². The average Bonchev–Trinajstić information content (AvgIpc) is 2.84. The van der Waals surface area contributed by atoms with E-state index in [0.29, 0.717) is 5.75 Å². The highest BCUT2D eigenvalue weighted by Gasteiger charge is 2.19. The fourth-order valence-corrected chi connectivity index (χ4v) is 3.84. The monoisotopic (exact) mass is 531 g/mol. The highest BCUT2D eigenvalue weighted by molar-refractivity contribution is 7.95. The van der Waals surface area contributed by atoms with Gasteiger partial charge >= 0.3 is 12.1 Å². The van der Waals surface area contributed by atoms with Crippen LogP contribution in [-0.2, 0) is 37.2 Å². The van der Waals surface area contributed by atoms with E-state index in [2.05, 4.69) is 17.8 Å². The normalized spacial score (nSPS) is 11.6. The van der Waals surface area contributed by atoms with E-state index < -0.39 is 28.2 Å². The molecule has 0 aliphatic rings. The summed E-state index contributed by atoms with van der Waals surface area (Å²) in [5.41, 5.74) is 1.80. The highest BCUT2D eigenvalue weighted by Crippen LogP contribution is 2.16. The third-order valence-electron chi connectivity index (χ3n) is 4.72. The first-order chi connectivity index (χ1) is 17.0. The van der Waals surface area contributed by atoms with Crippen molar-refractivity contribution in [1.82, 2.24) is 5.32 Å². The van der Waals surface area contributed by atoms with Crippen LogP contribution in [-0.4, -0.2) is 43.6 Å². The number of amides is 1. The van der Waals surface area contributed by atoms with Crippen LogP contribution in [0.4, 0.5) is 4.79 Å². The second-order valence-electron chi connectivity index (χ2n) is 7.90. The van der Waals surface area contributed by atoms with Crippen LogP contribution >= 0.6 is 0 Å². The minimum Gasteiger partial charge on any atom is -0.744 e. The topological polar surface area (TPSA) is 122 Å². The number of hydrogen-bond acceptors (Lipinski definition) is 7. The first kappa shape index (κ1) is 28.9. The molecule has 0 heterocycles. The first-order valence-electron chi connectivity index (χ1n) is 10.8. The maximum atomic E-state index is 12.1. The Morgan fingerprint density at radius 1 is 0.944 bits per heavy atom. The van der Waals surface area contributed by atoms with E-state index in [1.807, 2.05) is 49.4 Å². The third kappa shape index (κ3) is 10.1. The van der Waals surface area contributed by atoms with Gasteiger partial charge in [-0.25, -0.2) is 18.0 Å². The SMILES string of the molecule is C[C@H](NC(=O)OCc1ccccc1)C(=O)Oc1ccc([S+](C)C)cc1.Cc1ccc(S(=O)(=O)[O-])cc1. The summed E-state index contributed by atoms with van der Waals surface area (Å²) in [6, 6.07) is 21.6. The molecule has 0 spiro atoms. The zero-order chi connectivity index (χ0) is 26.7. The van der Waals surface area contributed by atoms with Crippen molar-refractivity contribution in [2.45, 2.75) is 36.3 Å². The smallest absolute Gasteiger partial charge is 0.408 e. The van der Waals surface area contributed by atoms with Crippen molar-refractivity contribution >= 4 is 33.1 Å². The van der Waals surface area contributed by atoms with Gasteiger partial charge in [0.05, 0.1) is 4.90 Å². The summed E-state index contributed by atoms with van der Waals surface area (Å²) in [4.78, 5) is 24.8. The lowest BCUT2D eigenvalue weighted by atomic mass is 10.2. The number of hydrogen-bond donors (Lipinski definition) is 1. The molecule has 10 heteroatoms. The fraction of sp³-hybridized carbons (Fsp3) is 0.231. The number of esters is 1. The number of ether oxygens (including phenoxy) is 2. The molecule has 0 aliphatic carbocycles. The Hall–Kier alpha value is -3.34. The quantitative estimate of drug-likeness (QED) is 0.211. The van der Waals surface area contributed by atoms with Crippen molar-refractivity contribution in [1.29, 1.82) is 0 Å². The Bertz CT molecular complexity index is 1230. The van der Waals surface area contributed by atoms with Crippen molar-refractivity contribution in [3.8, 4) is 5.75 Å². The Morgan fingerprint density at radius 3 is 2.06 bits per heavy atom. The summed E-state index contributed by atoms with van der Waals surface area (Å²) in [5, 5.41) is 2.47. The lowest BCUT2D eigenvalue weighted by Crippen LogP contribution is -2.41. The molecule has 36 heavy (non-hydrogen) atoms. The van der Waals surface area contributed by atoms with Crippen molar-refractivity contribution in [2.24, 2.45) is 0 Å². The van der Waals surface area contributed by atoms with Crippen LogP contribution in [0.15, 0.2) is 88.7 Å². The Balaban J connectivity index is 0.000000346. The van der Waals surface area contributed by atoms with Crippen molar-refractivity contribution in [3.63, 3.8) is 0 Å². The van der Waals surface area contributed by atoms with Crippen LogP contribution in [0.1, 0.15) is 18.1 Å². The minimum absolute atomic E-state index is 0.145. The number of carbonyl (C=O) groups excluding carboxylic acids is 2. The van der Waals surface area contributed by atoms with Crippen molar-refractivity contribution < 1.29 is 32.0 Å². The van der Waals surface area contributed by atoms with Gasteiger partial charge in [0, 0.05) is 10.9 Å². The van der Waals surface area contributed by atoms with Crippen LogP contribution in [0, 0.1) is 6.92 Å². The summed E-state index contributed by atoms with van der Waals surface area (Å²) in [6.07, 6.45) is 3.58. The second kappa shape index (κ2) is 13.7. The minimum atomic E-state index is -4.27. The molecule has 192 valence electrons. The number of rotatable bonds is 7. The Morgan fingerprint density at radius 2 is 1.53 bits per heavy atom. The van der Waals surface area contributed by atoms with Gasteiger partial charge in [-0.1, -0.05) is 48.0 Å². The molecule has 0 aliphatic heterocycles. The maximum Gasteiger partial charge on any atom is 0.408 e. The molecule has 0 bridgehead atoms. The summed E-state index contributed by atoms with van der Waals surface area (Å²) in [5.74, 6) is -0.0955. The number of alkyl carbamates (subject to hydrolysis) is 1. The van der Waals surface area contributed by atoms with Gasteiger partial charge in [-0.15, -0.1) is 0 Å². The zero-order valence-electron chi connectivity index (χ0n) is 20.5. The summed E-state index contributed by atoms with van der Waals surface area (Å²) in [6.45, 7) is 3.52. The van der Waals surface area contributed by atoms with Gasteiger partial charge in [0.15, 0.2) is 4.90 Å². The second-order valence-corrected chi connectivity index (χ2v) is 11.4. The van der Waals surface area contributed by atoms with Gasteiger partial charge in [0.25, 0.3) is 0 Å². The van der Waals surface area contributed by atoms with E-state index in [-0.39, 0.29) is 22.4 Å². The molecular weight excluding hydrogens is 502 g/mol. The Labute approximate surface area is 214 Å². The van der Waals surface area contributed by atoms with E-state index in [1.165, 1.54) is 17.0 Å². The van der Waals surface area contributed by atoms with Gasteiger partial charge in [0.2, 0.25) is 0 Å². The predicted molar refractivity (Wildman–Crippen MR) is 138 cm³/mol. The van der Waals surface area contributed by atoms with Gasteiger partial charge < -0.3 is 19.3 Å². The number of nitrogens with one attached hydrogen (secondary N) is 1. The molecule has 8 nitrogen and oxygen atoms in total. The van der Waals surface area contributed by atoms with Crippen LogP contribution < -0.4 is 10.1 Å². The van der Waals surface area contributed by atoms with Crippen LogP contribution in [0.2, 0.25) is 0 Å². The molecule has 1 amide bonds. The van der Waals surface area contributed by atoms with Gasteiger partial charge in [0.1, 0.15) is 41.0 Å². The zero-order valence-corrected chi connectivity index (χ0v) is 22.1. The molecule has 0 saturated heterocycles. The molecule has 3 aromatic rings. The van der Waals surface area contributed by atoms with Crippen LogP contribution in [0.5, 0.6) is 5.75 Å². The van der Waals surface area contributed by atoms with E-state index >= 15 is 0 Å². The van der Waals surface area contributed by atoms with Gasteiger partial charge in [-0.2, -0.15) is 0 Å². The lowest BCUT2D eigenvalue weighted by Gasteiger charge is -2.13. The standard InChI is InChI=1S/C19H21NO4S.C7H8O3S/c1-14(20-19(22)23-13-15-7-5-4-6-8-15)18(21)24-16-9-11-17(12-10-16)25(2)3;1-6-2-4-7(5-3-6)11(8,9)10/h4-12,14H,13H2,1-3H3;2-5H,1H3,(H,8,9,10)/t14-;/m0./s1. The molecule has 0 aromatic heterocycles. The molecule has 0 saturated carbocycles. The number of aryl methyl sites for hydroxylation is 1. The molecule has 0 fully saturated rings. The Kier molecular flexibility index (Phi) is 11.0. The van der Waals surface area contributed by atoms with Crippen molar-refractivity contribution in [2.75, 3.05) is 12.5 Å². The van der Waals surface area contributed by atoms with E-state index in [1.54, 1.807) is 31.2 Å². The largest absolute Gasteiger partial charge is 0.744 e. The number of carbonyl (C=O) groups is 2. The summed E-state index contributed by atoms with van der Waals surface area (Å²) < 4.78 is 41.5. The molecule has 0 unspecified atom stereocenters. The molecule has 1 atom stereocenters. The third-order valence-corrected chi connectivity index (χ3v) is 6.79. The summed E-state index contributed by atoms with van der Waals surface area (Å²) >= 11 is 0. The molecular formula is C26H29NO7S2. The number of benzene rings is 3. The average molecular weight is 532 g/mol. The van der Waals surface area contributed by atoms with Crippen LogP contribution in [0.25, 0.3) is 0 Å².